The molecule has 0 radical (unpaired) electrons. The van der Waals surface area contributed by atoms with Crippen LogP contribution < -0.4 is 14.8 Å². The molecule has 1 aliphatic heterocycles. The number of benzene rings is 2. The maximum atomic E-state index is 12.3. The van der Waals surface area contributed by atoms with Crippen molar-refractivity contribution in [2.24, 2.45) is 0 Å². The normalized spacial score (nSPS) is 12.5. The second kappa shape index (κ2) is 7.04. The van der Waals surface area contributed by atoms with Crippen LogP contribution >= 0.6 is 0 Å². The predicted molar refractivity (Wildman–Crippen MR) is 101 cm³/mol. The Balaban J connectivity index is 1.39. The van der Waals surface area contributed by atoms with Gasteiger partial charge in [-0.1, -0.05) is 12.1 Å². The molecule has 1 N–H and O–H groups in total. The third-order valence-corrected chi connectivity index (χ3v) is 4.57. The summed E-state index contributed by atoms with van der Waals surface area (Å²) < 4.78 is 10.7. The highest BCUT2D eigenvalue weighted by atomic mass is 16.5. The summed E-state index contributed by atoms with van der Waals surface area (Å²) in [4.78, 5) is 16.7. The molecular weight excluding hydrogens is 328 g/mol. The summed E-state index contributed by atoms with van der Waals surface area (Å²) in [5, 5.41) is 3.89. The number of nitrogens with zero attached hydrogens (tertiary/aromatic N) is 1. The Bertz CT molecular complexity index is 969. The number of aryl methyl sites for hydroxylation is 1. The third kappa shape index (κ3) is 3.47. The Hall–Kier alpha value is -3.08. The number of hydrogen-bond donors (Lipinski definition) is 1. The zero-order chi connectivity index (χ0) is 17.9. The number of pyridine rings is 1. The number of carbonyl (C=O) groups is 1. The molecule has 132 valence electrons. The average Bonchev–Trinajstić information content (AvgIpc) is 3.13. The van der Waals surface area contributed by atoms with Crippen LogP contribution in [0.15, 0.2) is 48.7 Å². The summed E-state index contributed by atoms with van der Waals surface area (Å²) in [5.74, 6) is 1.72. The quantitative estimate of drug-likeness (QED) is 0.763. The molecular formula is C21H20N2O3. The first kappa shape index (κ1) is 16.4. The number of carbonyl (C=O) groups excluding carboxylic acids is 1. The number of anilines is 1. The van der Waals surface area contributed by atoms with Crippen LogP contribution in [-0.4, -0.2) is 24.6 Å². The molecule has 0 saturated carbocycles. The van der Waals surface area contributed by atoms with Crippen molar-refractivity contribution >= 4 is 22.5 Å². The summed E-state index contributed by atoms with van der Waals surface area (Å²) in [6.07, 6.45) is 3.76. The number of aromatic nitrogens is 1. The fourth-order valence-electron chi connectivity index (χ4n) is 3.17. The molecule has 0 fully saturated rings. The van der Waals surface area contributed by atoms with Crippen LogP contribution in [0.25, 0.3) is 10.9 Å². The van der Waals surface area contributed by atoms with E-state index in [1.165, 1.54) is 5.56 Å². The van der Waals surface area contributed by atoms with E-state index in [-0.39, 0.29) is 5.91 Å². The van der Waals surface area contributed by atoms with E-state index < -0.39 is 0 Å². The zero-order valence-corrected chi connectivity index (χ0v) is 14.6. The van der Waals surface area contributed by atoms with Crippen molar-refractivity contribution in [2.45, 2.75) is 19.3 Å². The van der Waals surface area contributed by atoms with Crippen LogP contribution in [0.4, 0.5) is 5.69 Å². The average molecular weight is 348 g/mol. The minimum Gasteiger partial charge on any atom is -0.497 e. The molecule has 0 unspecified atom stereocenters. The second-order valence-electron chi connectivity index (χ2n) is 6.37. The molecule has 0 aliphatic carbocycles. The minimum absolute atomic E-state index is 0.0172. The summed E-state index contributed by atoms with van der Waals surface area (Å²) in [5.41, 5.74) is 3.93. The maximum Gasteiger partial charge on any atom is 0.224 e. The first-order valence-corrected chi connectivity index (χ1v) is 8.69. The molecule has 0 atom stereocenters. The lowest BCUT2D eigenvalue weighted by Gasteiger charge is -2.08. The fourth-order valence-corrected chi connectivity index (χ4v) is 3.17. The molecule has 2 heterocycles. The van der Waals surface area contributed by atoms with Crippen molar-refractivity contribution < 1.29 is 14.3 Å². The van der Waals surface area contributed by atoms with Crippen LogP contribution in [0.2, 0.25) is 0 Å². The number of rotatable bonds is 5. The van der Waals surface area contributed by atoms with Gasteiger partial charge in [-0.25, -0.2) is 0 Å². The van der Waals surface area contributed by atoms with E-state index >= 15 is 0 Å². The Kier molecular flexibility index (Phi) is 4.44. The van der Waals surface area contributed by atoms with E-state index in [1.807, 2.05) is 36.4 Å². The molecule has 1 aliphatic rings. The van der Waals surface area contributed by atoms with Gasteiger partial charge in [-0.3, -0.25) is 9.78 Å². The minimum atomic E-state index is -0.0172. The van der Waals surface area contributed by atoms with Gasteiger partial charge >= 0.3 is 0 Å². The highest BCUT2D eigenvalue weighted by molar-refractivity contribution is 5.93. The van der Waals surface area contributed by atoms with Gasteiger partial charge < -0.3 is 14.8 Å². The molecule has 2 aromatic carbocycles. The van der Waals surface area contributed by atoms with Gasteiger partial charge in [-0.15, -0.1) is 0 Å². The molecule has 1 amide bonds. The largest absolute Gasteiger partial charge is 0.497 e. The van der Waals surface area contributed by atoms with Crippen molar-refractivity contribution in [3.8, 4) is 11.5 Å². The number of nitrogens with one attached hydrogen (secondary N) is 1. The van der Waals surface area contributed by atoms with Gasteiger partial charge in [-0.05, 0) is 41.8 Å². The Morgan fingerprint density at radius 1 is 1.23 bits per heavy atom. The molecule has 1 aromatic heterocycles. The second-order valence-corrected chi connectivity index (χ2v) is 6.37. The number of fused-ring (bicyclic) bond motifs is 2. The van der Waals surface area contributed by atoms with Crippen LogP contribution in [0, 0.1) is 0 Å². The first-order chi connectivity index (χ1) is 12.7. The topological polar surface area (TPSA) is 60.5 Å². The van der Waals surface area contributed by atoms with Crippen molar-refractivity contribution in [2.75, 3.05) is 19.0 Å². The van der Waals surface area contributed by atoms with Gasteiger partial charge in [0.15, 0.2) is 0 Å². The van der Waals surface area contributed by atoms with Crippen molar-refractivity contribution in [1.82, 2.24) is 4.98 Å². The molecule has 0 bridgehead atoms. The standard InChI is InChI=1S/C21H20N2O3/c1-25-18-5-4-15-11-17(13-22-19(15)12-18)23-21(24)7-3-14-2-6-20-16(10-14)8-9-26-20/h2,4-6,10-13H,3,7-9H2,1H3,(H,23,24). The maximum absolute atomic E-state index is 12.3. The van der Waals surface area contributed by atoms with Crippen molar-refractivity contribution in [3.05, 3.63) is 59.8 Å². The lowest BCUT2D eigenvalue weighted by Crippen LogP contribution is -2.12. The molecule has 26 heavy (non-hydrogen) atoms. The summed E-state index contributed by atoms with van der Waals surface area (Å²) in [7, 11) is 1.63. The predicted octanol–water partition coefficient (Wildman–Crippen LogP) is 3.75. The lowest BCUT2D eigenvalue weighted by molar-refractivity contribution is -0.116. The van der Waals surface area contributed by atoms with Crippen LogP contribution in [0.5, 0.6) is 11.5 Å². The summed E-state index contributed by atoms with van der Waals surface area (Å²) >= 11 is 0. The van der Waals surface area contributed by atoms with Gasteiger partial charge in [0, 0.05) is 24.3 Å². The lowest BCUT2D eigenvalue weighted by atomic mass is 10.0. The number of amides is 1. The van der Waals surface area contributed by atoms with Crippen molar-refractivity contribution in [3.63, 3.8) is 0 Å². The number of methoxy groups -OCH3 is 1. The molecule has 5 heteroatoms. The van der Waals surface area contributed by atoms with Crippen LogP contribution in [-0.2, 0) is 17.6 Å². The van der Waals surface area contributed by atoms with Gasteiger partial charge in [0.25, 0.3) is 0 Å². The molecule has 0 saturated heterocycles. The van der Waals surface area contributed by atoms with Gasteiger partial charge in [0.05, 0.1) is 31.1 Å². The summed E-state index contributed by atoms with van der Waals surface area (Å²) in [6.45, 7) is 0.750. The zero-order valence-electron chi connectivity index (χ0n) is 14.6. The molecule has 5 nitrogen and oxygen atoms in total. The third-order valence-electron chi connectivity index (χ3n) is 4.57. The monoisotopic (exact) mass is 348 g/mol. The number of ether oxygens (including phenoxy) is 2. The number of hydrogen-bond acceptors (Lipinski definition) is 4. The first-order valence-electron chi connectivity index (χ1n) is 8.69. The highest BCUT2D eigenvalue weighted by Gasteiger charge is 2.12. The molecule has 4 rings (SSSR count). The molecule has 3 aromatic rings. The van der Waals surface area contributed by atoms with E-state index in [0.29, 0.717) is 18.5 Å². The molecule has 0 spiro atoms. The van der Waals surface area contributed by atoms with E-state index in [4.69, 9.17) is 9.47 Å². The van der Waals surface area contributed by atoms with Gasteiger partial charge in [0.2, 0.25) is 5.91 Å². The fraction of sp³-hybridized carbons (Fsp3) is 0.238. The van der Waals surface area contributed by atoms with E-state index in [9.17, 15) is 4.79 Å². The summed E-state index contributed by atoms with van der Waals surface area (Å²) in [6, 6.07) is 13.8. The van der Waals surface area contributed by atoms with E-state index in [2.05, 4.69) is 16.4 Å². The Labute approximate surface area is 152 Å². The van der Waals surface area contributed by atoms with Gasteiger partial charge in [-0.2, -0.15) is 0 Å². The smallest absolute Gasteiger partial charge is 0.224 e. The Morgan fingerprint density at radius 2 is 2.15 bits per heavy atom. The SMILES string of the molecule is COc1ccc2cc(NC(=O)CCc3ccc4c(c3)CCO4)cnc2c1. The van der Waals surface area contributed by atoms with E-state index in [0.717, 1.165) is 41.0 Å². The van der Waals surface area contributed by atoms with Crippen molar-refractivity contribution in [1.29, 1.82) is 0 Å². The van der Waals surface area contributed by atoms with Crippen LogP contribution in [0.3, 0.4) is 0 Å². The van der Waals surface area contributed by atoms with Crippen LogP contribution in [0.1, 0.15) is 17.5 Å². The van der Waals surface area contributed by atoms with E-state index in [1.54, 1.807) is 13.3 Å². The Morgan fingerprint density at radius 3 is 3.04 bits per heavy atom. The van der Waals surface area contributed by atoms with Gasteiger partial charge in [0.1, 0.15) is 11.5 Å². The highest BCUT2D eigenvalue weighted by Crippen LogP contribution is 2.26.